The Bertz CT molecular complexity index is 725. The van der Waals surface area contributed by atoms with Crippen LogP contribution in [0.15, 0.2) is 47.7 Å². The minimum atomic E-state index is -0.284. The fraction of sp³-hybridized carbons (Fsp3) is 0.235. The van der Waals surface area contributed by atoms with Crippen molar-refractivity contribution in [2.24, 2.45) is 5.10 Å². The number of amides is 1. The summed E-state index contributed by atoms with van der Waals surface area (Å²) < 4.78 is 5.19. The number of hydrazone groups is 1. The van der Waals surface area contributed by atoms with Gasteiger partial charge in [0.2, 0.25) is 0 Å². The van der Waals surface area contributed by atoms with E-state index in [1.54, 1.807) is 31.5 Å². The number of carbonyl (C=O) groups excluding carboxylic acids is 1. The van der Waals surface area contributed by atoms with Crippen molar-refractivity contribution in [1.29, 1.82) is 0 Å². The largest absolute Gasteiger partial charge is 0.496 e. The molecule has 1 aliphatic rings. The molecule has 1 aliphatic carbocycles. The molecule has 1 aromatic carbocycles. The number of benzene rings is 1. The van der Waals surface area contributed by atoms with Gasteiger partial charge < -0.3 is 4.74 Å². The molecule has 2 aromatic rings. The first-order valence-electron chi connectivity index (χ1n) is 7.24. The predicted molar refractivity (Wildman–Crippen MR) is 84.2 cm³/mol. The van der Waals surface area contributed by atoms with Crippen LogP contribution in [0.1, 0.15) is 34.5 Å². The number of carbonyl (C=O) groups is 1. The topological polar surface area (TPSA) is 63.6 Å². The van der Waals surface area contributed by atoms with Gasteiger partial charge in [0.15, 0.2) is 0 Å². The zero-order chi connectivity index (χ0) is 15.4. The molecule has 1 heterocycles. The van der Waals surface area contributed by atoms with E-state index >= 15 is 0 Å². The Kier molecular flexibility index (Phi) is 4.14. The predicted octanol–water partition coefficient (Wildman–Crippen LogP) is 2.56. The molecule has 1 aromatic heterocycles. The van der Waals surface area contributed by atoms with Crippen LogP contribution in [0.5, 0.6) is 5.75 Å². The molecule has 0 bridgehead atoms. The van der Waals surface area contributed by atoms with Crippen LogP contribution >= 0.6 is 0 Å². The normalized spacial score (nSPS) is 15.2. The zero-order valence-electron chi connectivity index (χ0n) is 12.4. The number of para-hydroxylation sites is 1. The van der Waals surface area contributed by atoms with Gasteiger partial charge in [-0.1, -0.05) is 18.2 Å². The Hall–Kier alpha value is -2.69. The second-order valence-electron chi connectivity index (χ2n) is 5.06. The molecule has 0 aliphatic heterocycles. The van der Waals surface area contributed by atoms with Crippen molar-refractivity contribution in [3.8, 4) is 5.75 Å². The lowest BCUT2D eigenvalue weighted by Gasteiger charge is -2.16. The number of nitrogens with one attached hydrogen (secondary N) is 1. The molecule has 1 N–H and O–H groups in total. The van der Waals surface area contributed by atoms with Gasteiger partial charge in [-0.3, -0.25) is 9.78 Å². The van der Waals surface area contributed by atoms with Gasteiger partial charge in [0, 0.05) is 6.20 Å². The Morgan fingerprint density at radius 3 is 2.95 bits per heavy atom. The summed E-state index contributed by atoms with van der Waals surface area (Å²) in [5.41, 5.74) is 5.96. The number of ether oxygens (including phenoxy) is 1. The monoisotopic (exact) mass is 295 g/mol. The van der Waals surface area contributed by atoms with Gasteiger partial charge in [-0.2, -0.15) is 5.10 Å². The lowest BCUT2D eigenvalue weighted by Crippen LogP contribution is -2.23. The molecule has 22 heavy (non-hydrogen) atoms. The first kappa shape index (κ1) is 14.3. The highest BCUT2D eigenvalue weighted by Crippen LogP contribution is 2.20. The molecule has 0 atom stereocenters. The number of aryl methyl sites for hydroxylation is 1. The minimum Gasteiger partial charge on any atom is -0.496 e. The van der Waals surface area contributed by atoms with E-state index in [1.165, 1.54) is 5.56 Å². The van der Waals surface area contributed by atoms with Gasteiger partial charge in [0.05, 0.1) is 24.1 Å². The number of rotatable bonds is 3. The molecule has 0 unspecified atom stereocenters. The Morgan fingerprint density at radius 2 is 2.09 bits per heavy atom. The van der Waals surface area contributed by atoms with Crippen molar-refractivity contribution in [3.63, 3.8) is 0 Å². The van der Waals surface area contributed by atoms with Crippen LogP contribution < -0.4 is 10.2 Å². The summed E-state index contributed by atoms with van der Waals surface area (Å²) in [7, 11) is 1.54. The lowest BCUT2D eigenvalue weighted by atomic mass is 9.95. The Morgan fingerprint density at radius 1 is 1.23 bits per heavy atom. The third-order valence-electron chi connectivity index (χ3n) is 3.67. The van der Waals surface area contributed by atoms with E-state index in [4.69, 9.17) is 4.74 Å². The SMILES string of the molecule is COc1ccccc1C(=O)N/N=C1\CCCc2cccnc21. The summed E-state index contributed by atoms with van der Waals surface area (Å²) in [6, 6.07) is 11.1. The molecule has 0 saturated heterocycles. The number of aromatic nitrogens is 1. The van der Waals surface area contributed by atoms with E-state index < -0.39 is 0 Å². The van der Waals surface area contributed by atoms with Gasteiger partial charge in [-0.05, 0) is 43.0 Å². The van der Waals surface area contributed by atoms with Gasteiger partial charge >= 0.3 is 0 Å². The average molecular weight is 295 g/mol. The number of hydrogen-bond acceptors (Lipinski definition) is 4. The molecule has 1 amide bonds. The van der Waals surface area contributed by atoms with E-state index in [1.807, 2.05) is 12.1 Å². The summed E-state index contributed by atoms with van der Waals surface area (Å²) in [6.45, 7) is 0. The van der Waals surface area contributed by atoms with E-state index in [9.17, 15) is 4.79 Å². The highest BCUT2D eigenvalue weighted by atomic mass is 16.5. The smallest absolute Gasteiger partial charge is 0.275 e. The molecule has 0 spiro atoms. The molecule has 0 fully saturated rings. The summed E-state index contributed by atoms with van der Waals surface area (Å²) in [5, 5.41) is 4.28. The Labute approximate surface area is 129 Å². The van der Waals surface area contributed by atoms with Crippen molar-refractivity contribution in [2.75, 3.05) is 7.11 Å². The molecular weight excluding hydrogens is 278 g/mol. The average Bonchev–Trinajstić information content (AvgIpc) is 2.59. The van der Waals surface area contributed by atoms with Crippen LogP contribution in [-0.4, -0.2) is 23.7 Å². The van der Waals surface area contributed by atoms with Crippen LogP contribution in [-0.2, 0) is 6.42 Å². The van der Waals surface area contributed by atoms with Crippen molar-refractivity contribution in [3.05, 3.63) is 59.4 Å². The van der Waals surface area contributed by atoms with Gasteiger partial charge in [-0.25, -0.2) is 5.43 Å². The standard InChI is InChI=1S/C17H17N3O2/c1-22-15-10-3-2-8-13(15)17(21)20-19-14-9-4-6-12-7-5-11-18-16(12)14/h2-3,5,7-8,10-11H,4,6,9H2,1H3,(H,20,21)/b19-14+. The maximum absolute atomic E-state index is 12.3. The van der Waals surface area contributed by atoms with E-state index in [0.717, 1.165) is 30.7 Å². The number of nitrogens with zero attached hydrogens (tertiary/aromatic N) is 2. The summed E-state index contributed by atoms with van der Waals surface area (Å²) in [5.74, 6) is 0.246. The van der Waals surface area contributed by atoms with E-state index in [2.05, 4.69) is 21.6 Å². The molecule has 3 rings (SSSR count). The van der Waals surface area contributed by atoms with E-state index in [-0.39, 0.29) is 5.91 Å². The molecule has 5 heteroatoms. The Balaban J connectivity index is 1.81. The van der Waals surface area contributed by atoms with Crippen LogP contribution in [0, 0.1) is 0 Å². The molecule has 0 saturated carbocycles. The van der Waals surface area contributed by atoms with Crippen LogP contribution in [0.2, 0.25) is 0 Å². The lowest BCUT2D eigenvalue weighted by molar-refractivity contribution is 0.0951. The van der Waals surface area contributed by atoms with Crippen LogP contribution in [0.3, 0.4) is 0 Å². The molecule has 0 radical (unpaired) electrons. The molecular formula is C17H17N3O2. The maximum Gasteiger partial charge on any atom is 0.275 e. The van der Waals surface area contributed by atoms with Crippen molar-refractivity contribution >= 4 is 11.6 Å². The summed E-state index contributed by atoms with van der Waals surface area (Å²) in [6.07, 6.45) is 4.59. The van der Waals surface area contributed by atoms with Crippen LogP contribution in [0.25, 0.3) is 0 Å². The highest BCUT2D eigenvalue weighted by Gasteiger charge is 2.17. The van der Waals surface area contributed by atoms with Crippen LogP contribution in [0.4, 0.5) is 0 Å². The number of methoxy groups -OCH3 is 1. The fourth-order valence-electron chi connectivity index (χ4n) is 2.58. The van der Waals surface area contributed by atoms with Crippen molar-refractivity contribution in [1.82, 2.24) is 10.4 Å². The second kappa shape index (κ2) is 6.39. The minimum absolute atomic E-state index is 0.284. The molecule has 112 valence electrons. The van der Waals surface area contributed by atoms with E-state index in [0.29, 0.717) is 11.3 Å². The summed E-state index contributed by atoms with van der Waals surface area (Å²) in [4.78, 5) is 16.6. The fourth-order valence-corrected chi connectivity index (χ4v) is 2.58. The first-order valence-corrected chi connectivity index (χ1v) is 7.24. The van der Waals surface area contributed by atoms with Crippen molar-refractivity contribution in [2.45, 2.75) is 19.3 Å². The van der Waals surface area contributed by atoms with Crippen molar-refractivity contribution < 1.29 is 9.53 Å². The third-order valence-corrected chi connectivity index (χ3v) is 3.67. The highest BCUT2D eigenvalue weighted by molar-refractivity contribution is 6.03. The van der Waals surface area contributed by atoms with Gasteiger partial charge in [-0.15, -0.1) is 0 Å². The number of hydrogen-bond donors (Lipinski definition) is 1. The summed E-state index contributed by atoms with van der Waals surface area (Å²) >= 11 is 0. The quantitative estimate of drug-likeness (QED) is 0.885. The van der Waals surface area contributed by atoms with Gasteiger partial charge in [0.1, 0.15) is 5.75 Å². The maximum atomic E-state index is 12.3. The number of pyridine rings is 1. The van der Waals surface area contributed by atoms with Gasteiger partial charge in [0.25, 0.3) is 5.91 Å². The second-order valence-corrected chi connectivity index (χ2v) is 5.06. The zero-order valence-corrected chi connectivity index (χ0v) is 12.4. The molecule has 5 nitrogen and oxygen atoms in total. The number of fused-ring (bicyclic) bond motifs is 1. The third kappa shape index (κ3) is 2.83. The first-order chi connectivity index (χ1) is 10.8.